The summed E-state index contributed by atoms with van der Waals surface area (Å²) in [6.45, 7) is 0.365. The molecule has 4 heterocycles. The highest BCUT2D eigenvalue weighted by Crippen LogP contribution is 2.33. The predicted octanol–water partition coefficient (Wildman–Crippen LogP) is 0.583. The van der Waals surface area contributed by atoms with E-state index in [9.17, 15) is 14.4 Å². The number of ether oxygens (including phenoxy) is 3. The van der Waals surface area contributed by atoms with Crippen LogP contribution < -0.4 is 15.2 Å². The van der Waals surface area contributed by atoms with Crippen LogP contribution in [0.2, 0.25) is 0 Å². The topological polar surface area (TPSA) is 163 Å². The number of amides is 3. The van der Waals surface area contributed by atoms with Crippen molar-refractivity contribution in [2.24, 2.45) is 5.73 Å². The van der Waals surface area contributed by atoms with E-state index in [0.717, 1.165) is 0 Å². The number of primary amides is 1. The van der Waals surface area contributed by atoms with Crippen molar-refractivity contribution < 1.29 is 28.6 Å². The molecule has 2 aliphatic rings. The van der Waals surface area contributed by atoms with E-state index in [1.165, 1.54) is 48.7 Å². The Kier molecular flexibility index (Phi) is 6.52. The Morgan fingerprint density at radius 2 is 2.00 bits per heavy atom. The Morgan fingerprint density at radius 1 is 1.18 bits per heavy atom. The minimum Gasteiger partial charge on any atom is -0.481 e. The van der Waals surface area contributed by atoms with Crippen LogP contribution in [0.4, 0.5) is 4.79 Å². The van der Waals surface area contributed by atoms with Gasteiger partial charge >= 0.3 is 18.0 Å². The molecule has 2 aromatic rings. The zero-order valence-electron chi connectivity index (χ0n) is 18.6. The fourth-order valence-electron chi connectivity index (χ4n) is 3.98. The number of carbonyl (C=O) groups excluding carboxylic acids is 3. The average Bonchev–Trinajstić information content (AvgIpc) is 3.06. The van der Waals surface area contributed by atoms with E-state index < -0.39 is 24.3 Å². The third-order valence-corrected chi connectivity index (χ3v) is 5.48. The fourth-order valence-corrected chi connectivity index (χ4v) is 3.98. The molecule has 0 aromatic carbocycles. The summed E-state index contributed by atoms with van der Waals surface area (Å²) in [7, 11) is 2.74. The molecule has 2 aliphatic heterocycles. The number of aromatic nitrogens is 4. The summed E-state index contributed by atoms with van der Waals surface area (Å²) >= 11 is 0. The van der Waals surface area contributed by atoms with Gasteiger partial charge in [0.2, 0.25) is 5.88 Å². The number of carbonyl (C=O) groups is 3. The van der Waals surface area contributed by atoms with Crippen molar-refractivity contribution in [2.75, 3.05) is 20.8 Å². The Labute approximate surface area is 194 Å². The lowest BCUT2D eigenvalue weighted by molar-refractivity contribution is -0.135. The van der Waals surface area contributed by atoms with E-state index in [0.29, 0.717) is 31.5 Å². The highest BCUT2D eigenvalue weighted by molar-refractivity contribution is 6.00. The van der Waals surface area contributed by atoms with Crippen molar-refractivity contribution in [2.45, 2.75) is 31.5 Å². The van der Waals surface area contributed by atoms with Crippen LogP contribution >= 0.6 is 0 Å². The molecular weight excluding hydrogens is 446 g/mol. The van der Waals surface area contributed by atoms with Gasteiger partial charge in [-0.3, -0.25) is 9.69 Å². The van der Waals surface area contributed by atoms with Crippen LogP contribution in [0.3, 0.4) is 0 Å². The summed E-state index contributed by atoms with van der Waals surface area (Å²) in [4.78, 5) is 57.4. The summed E-state index contributed by atoms with van der Waals surface area (Å²) in [5.41, 5.74) is 6.19. The smallest absolute Gasteiger partial charge is 0.357 e. The first-order chi connectivity index (χ1) is 16.4. The molecule has 2 atom stereocenters. The SMILES string of the molecule is COc1cc(C(=O)OC2CCCCN3C(=O)C=C(c4ccncn4)N(C(N)=O)C23)nc(OC)n1. The highest BCUT2D eigenvalue weighted by atomic mass is 16.5. The minimum atomic E-state index is -0.961. The first-order valence-corrected chi connectivity index (χ1v) is 10.5. The molecule has 34 heavy (non-hydrogen) atoms. The summed E-state index contributed by atoms with van der Waals surface area (Å²) in [6, 6.07) is 1.97. The van der Waals surface area contributed by atoms with Gasteiger partial charge in [-0.25, -0.2) is 19.6 Å². The normalized spacial score (nSPS) is 20.1. The number of urea groups is 1. The van der Waals surface area contributed by atoms with Crippen LogP contribution in [0.25, 0.3) is 5.70 Å². The molecule has 3 amide bonds. The maximum atomic E-state index is 13.0. The molecule has 2 aromatic heterocycles. The van der Waals surface area contributed by atoms with Crippen molar-refractivity contribution in [1.29, 1.82) is 0 Å². The van der Waals surface area contributed by atoms with Crippen LogP contribution in [0.1, 0.15) is 35.4 Å². The molecule has 13 nitrogen and oxygen atoms in total. The molecule has 1 fully saturated rings. The van der Waals surface area contributed by atoms with Gasteiger partial charge in [-0.2, -0.15) is 9.97 Å². The average molecular weight is 469 g/mol. The molecule has 2 unspecified atom stereocenters. The molecule has 4 rings (SSSR count). The summed E-state index contributed by atoms with van der Waals surface area (Å²) in [5.74, 6) is -1.02. The van der Waals surface area contributed by atoms with Gasteiger partial charge in [0.25, 0.3) is 5.91 Å². The molecule has 0 saturated carbocycles. The van der Waals surface area contributed by atoms with Crippen molar-refractivity contribution in [1.82, 2.24) is 29.7 Å². The van der Waals surface area contributed by atoms with Gasteiger partial charge in [-0.1, -0.05) is 0 Å². The third kappa shape index (κ3) is 4.44. The standard InChI is InChI=1S/C21H23N7O6/c1-32-16-9-13(25-21(26-16)33-2)19(30)34-15-5-3-4-8-27-17(29)10-14(12-6-7-23-11-24-12)28(18(15)27)20(22)31/h6-7,9-11,15,18H,3-5,8H2,1-2H3,(H2,22,31). The number of nitrogens with zero attached hydrogens (tertiary/aromatic N) is 6. The number of esters is 1. The first kappa shape index (κ1) is 22.9. The summed E-state index contributed by atoms with van der Waals surface area (Å²) < 4.78 is 15.9. The molecule has 2 N–H and O–H groups in total. The Bertz CT molecular complexity index is 1100. The maximum Gasteiger partial charge on any atom is 0.357 e. The lowest BCUT2D eigenvalue weighted by Crippen LogP contribution is -2.61. The van der Waals surface area contributed by atoms with Crippen LogP contribution in [0.15, 0.2) is 30.7 Å². The number of fused-ring (bicyclic) bond motifs is 1. The van der Waals surface area contributed by atoms with Crippen LogP contribution in [-0.2, 0) is 9.53 Å². The Balaban J connectivity index is 1.71. The van der Waals surface area contributed by atoms with Gasteiger partial charge in [0.1, 0.15) is 12.4 Å². The molecule has 0 aliphatic carbocycles. The van der Waals surface area contributed by atoms with Crippen molar-refractivity contribution in [3.63, 3.8) is 0 Å². The highest BCUT2D eigenvalue weighted by Gasteiger charge is 2.45. The second-order valence-electron chi connectivity index (χ2n) is 7.50. The van der Waals surface area contributed by atoms with Gasteiger partial charge in [0, 0.05) is 24.9 Å². The zero-order chi connectivity index (χ0) is 24.2. The van der Waals surface area contributed by atoms with E-state index in [1.54, 1.807) is 6.07 Å². The number of rotatable bonds is 5. The van der Waals surface area contributed by atoms with Crippen molar-refractivity contribution in [3.8, 4) is 11.9 Å². The number of hydrogen-bond donors (Lipinski definition) is 1. The van der Waals surface area contributed by atoms with Gasteiger partial charge < -0.3 is 24.8 Å². The third-order valence-electron chi connectivity index (χ3n) is 5.48. The second-order valence-corrected chi connectivity index (χ2v) is 7.50. The fraction of sp³-hybridized carbons (Fsp3) is 0.381. The lowest BCUT2D eigenvalue weighted by Gasteiger charge is -2.44. The molecule has 13 heteroatoms. The van der Waals surface area contributed by atoms with Crippen LogP contribution in [0, 0.1) is 0 Å². The van der Waals surface area contributed by atoms with E-state index in [1.807, 2.05) is 0 Å². The largest absolute Gasteiger partial charge is 0.481 e. The van der Waals surface area contributed by atoms with Crippen LogP contribution in [-0.4, -0.2) is 80.7 Å². The second kappa shape index (κ2) is 9.68. The first-order valence-electron chi connectivity index (χ1n) is 10.5. The van der Waals surface area contributed by atoms with Gasteiger partial charge in [-0.15, -0.1) is 0 Å². The van der Waals surface area contributed by atoms with E-state index in [2.05, 4.69) is 19.9 Å². The molecular formula is C21H23N7O6. The molecule has 0 bridgehead atoms. The number of nitrogens with two attached hydrogens (primary N) is 1. The lowest BCUT2D eigenvalue weighted by atomic mass is 10.1. The molecule has 1 saturated heterocycles. The van der Waals surface area contributed by atoms with E-state index >= 15 is 0 Å². The number of hydrogen-bond acceptors (Lipinski definition) is 10. The van der Waals surface area contributed by atoms with E-state index in [-0.39, 0.29) is 29.2 Å². The molecule has 0 radical (unpaired) electrons. The van der Waals surface area contributed by atoms with Crippen molar-refractivity contribution in [3.05, 3.63) is 42.1 Å². The summed E-state index contributed by atoms with van der Waals surface area (Å²) in [6.07, 6.45) is 3.94. The predicted molar refractivity (Wildman–Crippen MR) is 115 cm³/mol. The quantitative estimate of drug-likeness (QED) is 0.613. The van der Waals surface area contributed by atoms with Crippen LogP contribution in [0.5, 0.6) is 11.9 Å². The Morgan fingerprint density at radius 3 is 2.68 bits per heavy atom. The summed E-state index contributed by atoms with van der Waals surface area (Å²) in [5, 5.41) is 0. The molecule has 178 valence electrons. The minimum absolute atomic E-state index is 0.0746. The van der Waals surface area contributed by atoms with E-state index in [4.69, 9.17) is 19.9 Å². The zero-order valence-corrected chi connectivity index (χ0v) is 18.6. The monoisotopic (exact) mass is 469 g/mol. The van der Waals surface area contributed by atoms with Gasteiger partial charge in [0.15, 0.2) is 11.9 Å². The van der Waals surface area contributed by atoms with Crippen molar-refractivity contribution >= 4 is 23.6 Å². The van der Waals surface area contributed by atoms with Gasteiger partial charge in [-0.05, 0) is 25.3 Å². The number of methoxy groups -OCH3 is 2. The molecule has 0 spiro atoms. The van der Waals surface area contributed by atoms with Gasteiger partial charge in [0.05, 0.1) is 25.6 Å². The Hall–Kier alpha value is -4.29. The maximum absolute atomic E-state index is 13.0.